The Balaban J connectivity index is 0.00000784. The normalized spacial score (nSPS) is 20.1. The van der Waals surface area contributed by atoms with Gasteiger partial charge in [0.2, 0.25) is 0 Å². The molecule has 167 valence electrons. The summed E-state index contributed by atoms with van der Waals surface area (Å²) in [5.74, 6) is -3.67. The first kappa shape index (κ1) is 28.5. The molecule has 0 aliphatic carbocycles. The number of hydrogen-bond donors (Lipinski definition) is 0. The van der Waals surface area contributed by atoms with Crippen LogP contribution in [0.4, 0.5) is 0 Å². The van der Waals surface area contributed by atoms with Gasteiger partial charge in [-0.05, 0) is 0 Å². The van der Waals surface area contributed by atoms with Gasteiger partial charge >= 0.3 is 39.9 Å². The zero-order valence-corrected chi connectivity index (χ0v) is 18.9. The molecular weight excluding hydrogens is 529 g/mol. The molecule has 1 aliphatic heterocycles. The van der Waals surface area contributed by atoms with Crippen molar-refractivity contribution in [2.24, 2.45) is 0 Å². The molecule has 0 amide bonds. The Morgan fingerprint density at radius 1 is 0.690 bits per heavy atom. The molecule has 0 aromatic rings. The Hall–Kier alpha value is -0.465. The van der Waals surface area contributed by atoms with E-state index < -0.39 is 17.9 Å². The van der Waals surface area contributed by atoms with Crippen LogP contribution in [-0.4, -0.2) is 127 Å². The van der Waals surface area contributed by atoms with Crippen LogP contribution >= 0.6 is 0 Å². The minimum atomic E-state index is -1.25. The van der Waals surface area contributed by atoms with E-state index in [4.69, 9.17) is 5.11 Å². The maximum atomic E-state index is 11.0. The molecule has 2 N–H and O–H groups in total. The van der Waals surface area contributed by atoms with Crippen LogP contribution in [0.2, 0.25) is 0 Å². The van der Waals surface area contributed by atoms with E-state index in [9.17, 15) is 29.7 Å². The molecule has 0 aromatic heterocycles. The molecule has 0 spiro atoms. The second kappa shape index (κ2) is 15.4. The van der Waals surface area contributed by atoms with E-state index in [0.717, 1.165) is 0 Å². The Bertz CT molecular complexity index is 492. The monoisotopic (exact) mass is 560 g/mol. The average molecular weight is 560 g/mol. The van der Waals surface area contributed by atoms with Crippen molar-refractivity contribution in [1.82, 2.24) is 19.6 Å². The van der Waals surface area contributed by atoms with Gasteiger partial charge in [0.1, 0.15) is 0 Å². The average Bonchev–Trinajstić information content (AvgIpc) is 2.55. The molecule has 0 aromatic carbocycles. The fraction of sp³-hybridized carbons (Fsp3) is 0.824. The standard InChI is InChI=1S/C17H32N4O7.Gd/c1-14(22)10-18-2-4-19(11-15(23)24)6-8-21(13-17(27)28)9-7-20(5-3-18)12-16(25)26;/h14,22H,2-13H2,1H3,(H,23,24)(H,25,26)(H,27,28);/q;+3/p-2. The summed E-state index contributed by atoms with van der Waals surface area (Å²) in [6.45, 7) is 4.50. The minimum absolute atomic E-state index is 0. The topological polar surface area (TPSA) is 156 Å². The number of aliphatic carboxylic acids is 3. The summed E-state index contributed by atoms with van der Waals surface area (Å²) in [4.78, 5) is 40.0. The largest absolute Gasteiger partial charge is 3.00 e. The number of carbonyl (C=O) groups excluding carboxylic acids is 3. The number of rotatable bonds is 8. The first-order valence-electron chi connectivity index (χ1n) is 9.35. The molecular formula is C17H30GdN4O7+. The predicted molar refractivity (Wildman–Crippen MR) is 93.9 cm³/mol. The summed E-state index contributed by atoms with van der Waals surface area (Å²) >= 11 is 0. The van der Waals surface area contributed by atoms with E-state index in [1.165, 1.54) is 0 Å². The van der Waals surface area contributed by atoms with Crippen LogP contribution in [0.5, 0.6) is 0 Å². The third-order valence-electron chi connectivity index (χ3n) is 4.52. The van der Waals surface area contributed by atoms with E-state index in [2.05, 4.69) is 0 Å². The molecule has 1 unspecified atom stereocenters. The number of carboxylic acids is 3. The first-order valence-corrected chi connectivity index (χ1v) is 9.35. The molecule has 29 heavy (non-hydrogen) atoms. The van der Waals surface area contributed by atoms with Gasteiger partial charge in [0.15, 0.2) is 6.10 Å². The third-order valence-corrected chi connectivity index (χ3v) is 4.52. The summed E-state index contributed by atoms with van der Waals surface area (Å²) in [6, 6.07) is 0. The zero-order valence-electron chi connectivity index (χ0n) is 16.7. The number of carbonyl (C=O) groups is 3. The van der Waals surface area contributed by atoms with E-state index in [0.29, 0.717) is 58.9 Å². The van der Waals surface area contributed by atoms with Gasteiger partial charge in [-0.2, -0.15) is 0 Å². The molecule has 11 nitrogen and oxygen atoms in total. The smallest absolute Gasteiger partial charge is 0.549 e. The van der Waals surface area contributed by atoms with Gasteiger partial charge in [-0.25, -0.2) is 0 Å². The summed E-state index contributed by atoms with van der Waals surface area (Å²) in [6.07, 6.45) is -0.337. The van der Waals surface area contributed by atoms with Crippen LogP contribution < -0.4 is 15.3 Å². The van der Waals surface area contributed by atoms with E-state index in [-0.39, 0.29) is 65.7 Å². The second-order valence-electron chi connectivity index (χ2n) is 7.15. The Kier molecular flexibility index (Phi) is 15.1. The number of hydrogen-bond acceptors (Lipinski definition) is 10. The van der Waals surface area contributed by atoms with Gasteiger partial charge in [-0.3, -0.25) is 19.6 Å². The molecule has 1 fully saturated rings. The first-order chi connectivity index (χ1) is 13.2. The van der Waals surface area contributed by atoms with Crippen molar-refractivity contribution in [2.75, 3.05) is 78.5 Å². The maximum absolute atomic E-state index is 11.0. The van der Waals surface area contributed by atoms with Gasteiger partial charge in [-0.1, -0.05) is 0 Å². The Morgan fingerprint density at radius 2 is 0.931 bits per heavy atom. The molecule has 1 heterocycles. The van der Waals surface area contributed by atoms with Crippen molar-refractivity contribution >= 4 is 17.9 Å². The van der Waals surface area contributed by atoms with Gasteiger partial charge in [0, 0.05) is 78.9 Å². The van der Waals surface area contributed by atoms with Crippen molar-refractivity contribution < 1.29 is 74.8 Å². The van der Waals surface area contributed by atoms with E-state index >= 15 is 0 Å². The van der Waals surface area contributed by atoms with Crippen molar-refractivity contribution in [3.05, 3.63) is 0 Å². The molecule has 1 aliphatic rings. The van der Waals surface area contributed by atoms with Crippen LogP contribution in [0.3, 0.4) is 0 Å². The fourth-order valence-corrected chi connectivity index (χ4v) is 3.17. The van der Waals surface area contributed by atoms with Crippen LogP contribution in [0.1, 0.15) is 6.92 Å². The number of nitrogens with zero attached hydrogens (tertiary/aromatic N) is 4. The van der Waals surface area contributed by atoms with Crippen LogP contribution in [0.25, 0.3) is 0 Å². The van der Waals surface area contributed by atoms with Gasteiger partial charge in [0.25, 0.3) is 0 Å². The second-order valence-corrected chi connectivity index (χ2v) is 7.15. The molecule has 1 radical (unpaired) electrons. The van der Waals surface area contributed by atoms with Crippen molar-refractivity contribution in [3.8, 4) is 0 Å². The van der Waals surface area contributed by atoms with Crippen molar-refractivity contribution in [2.45, 2.75) is 13.0 Å². The maximum Gasteiger partial charge on any atom is 3.00 e. The van der Waals surface area contributed by atoms with E-state index in [1.54, 1.807) is 21.6 Å². The fourth-order valence-electron chi connectivity index (χ4n) is 3.17. The molecule has 1 rings (SSSR count). The quantitative estimate of drug-likeness (QED) is 0.262. The van der Waals surface area contributed by atoms with Crippen LogP contribution in [-0.2, 0) is 14.4 Å². The molecule has 0 bridgehead atoms. The molecule has 1 saturated heterocycles. The van der Waals surface area contributed by atoms with Gasteiger partial charge < -0.3 is 34.8 Å². The van der Waals surface area contributed by atoms with Gasteiger partial charge in [0.05, 0.1) is 24.5 Å². The minimum Gasteiger partial charge on any atom is -0.549 e. The van der Waals surface area contributed by atoms with Crippen LogP contribution in [0.15, 0.2) is 0 Å². The zero-order chi connectivity index (χ0) is 21.1. The molecule has 12 heteroatoms. The summed E-state index contributed by atoms with van der Waals surface area (Å²) in [5, 5.41) is 40.8. The van der Waals surface area contributed by atoms with Crippen molar-refractivity contribution in [3.63, 3.8) is 0 Å². The molecule has 1 atom stereocenters. The Labute approximate surface area is 202 Å². The summed E-state index contributed by atoms with van der Waals surface area (Å²) < 4.78 is 0. The Morgan fingerprint density at radius 3 is 1.14 bits per heavy atom. The summed E-state index contributed by atoms with van der Waals surface area (Å²) in [5.41, 5.74) is 0. The third kappa shape index (κ3) is 14.2. The molecule has 0 saturated carbocycles. The summed E-state index contributed by atoms with van der Waals surface area (Å²) in [7, 11) is 0. The number of carboxylic acid groups (broad SMARTS) is 3. The van der Waals surface area contributed by atoms with Crippen LogP contribution in [0, 0.1) is 39.9 Å². The van der Waals surface area contributed by atoms with Crippen molar-refractivity contribution in [1.29, 1.82) is 0 Å². The van der Waals surface area contributed by atoms with E-state index in [1.807, 2.05) is 4.90 Å². The predicted octanol–water partition coefficient (Wildman–Crippen LogP) is -6.43. The van der Waals surface area contributed by atoms with Gasteiger partial charge in [-0.15, -0.1) is 0 Å². The SMILES string of the molecule is CC([OH2+])CN1CCN(CC(=O)[O-])CCN(CC(=O)[O-])CCN(CC(=O)[O-])CC1.[Gd+3].